The van der Waals surface area contributed by atoms with Gasteiger partial charge in [0.15, 0.2) is 5.76 Å². The van der Waals surface area contributed by atoms with Crippen LogP contribution >= 0.6 is 0 Å². The molecule has 2 heterocycles. The molecular weight excluding hydrogens is 336 g/mol. The van der Waals surface area contributed by atoms with Crippen molar-refractivity contribution < 1.29 is 27.5 Å². The van der Waals surface area contributed by atoms with Crippen molar-refractivity contribution in [1.29, 1.82) is 0 Å². The van der Waals surface area contributed by atoms with Crippen LogP contribution in [0.3, 0.4) is 0 Å². The maximum absolute atomic E-state index is 12.6. The number of carbonyl (C=O) groups excluding carboxylic acids is 1. The molecule has 2 N–H and O–H groups in total. The third-order valence-electron chi connectivity index (χ3n) is 4.00. The highest BCUT2D eigenvalue weighted by Gasteiger charge is 2.32. The number of sulfonamides is 1. The Kier molecular flexibility index (Phi) is 5.34. The molecule has 1 amide bonds. The van der Waals surface area contributed by atoms with Gasteiger partial charge in [-0.25, -0.2) is 13.2 Å². The zero-order valence-corrected chi connectivity index (χ0v) is 14.7. The van der Waals surface area contributed by atoms with Crippen LogP contribution in [0.25, 0.3) is 0 Å². The third kappa shape index (κ3) is 3.62. The first-order valence-corrected chi connectivity index (χ1v) is 9.23. The van der Waals surface area contributed by atoms with E-state index in [1.807, 2.05) is 0 Å². The summed E-state index contributed by atoms with van der Waals surface area (Å²) in [6.07, 6.45) is 1.61. The number of furan rings is 1. The number of nitrogens with zero attached hydrogens (tertiary/aromatic N) is 1. The maximum Gasteiger partial charge on any atom is 0.326 e. The third-order valence-corrected chi connectivity index (χ3v) is 6.00. The van der Waals surface area contributed by atoms with E-state index in [4.69, 9.17) is 9.52 Å². The quantitative estimate of drug-likeness (QED) is 0.789. The van der Waals surface area contributed by atoms with E-state index in [0.29, 0.717) is 13.1 Å². The van der Waals surface area contributed by atoms with Gasteiger partial charge in [0.05, 0.1) is 0 Å². The van der Waals surface area contributed by atoms with E-state index in [-0.39, 0.29) is 22.3 Å². The van der Waals surface area contributed by atoms with Gasteiger partial charge in [0.25, 0.3) is 5.91 Å². The Bertz CT molecular complexity index is 731. The molecule has 0 saturated carbocycles. The summed E-state index contributed by atoms with van der Waals surface area (Å²) in [6, 6.07) is 0.0823. The summed E-state index contributed by atoms with van der Waals surface area (Å²) in [7, 11) is -3.70. The van der Waals surface area contributed by atoms with Gasteiger partial charge >= 0.3 is 5.97 Å². The second-order valence-corrected chi connectivity index (χ2v) is 8.08. The van der Waals surface area contributed by atoms with Crippen molar-refractivity contribution >= 4 is 21.9 Å². The van der Waals surface area contributed by atoms with Crippen molar-refractivity contribution in [1.82, 2.24) is 9.62 Å². The second-order valence-electron chi connectivity index (χ2n) is 6.18. The van der Waals surface area contributed by atoms with Crippen molar-refractivity contribution in [3.8, 4) is 0 Å². The van der Waals surface area contributed by atoms with Gasteiger partial charge in [-0.1, -0.05) is 13.8 Å². The molecule has 1 aliphatic heterocycles. The predicted molar refractivity (Wildman–Crippen MR) is 85.2 cm³/mol. The summed E-state index contributed by atoms with van der Waals surface area (Å²) in [5, 5.41) is 11.5. The Balaban J connectivity index is 2.25. The molecule has 1 saturated heterocycles. The summed E-state index contributed by atoms with van der Waals surface area (Å²) >= 11 is 0. The maximum atomic E-state index is 12.6. The van der Waals surface area contributed by atoms with Gasteiger partial charge in [-0.3, -0.25) is 4.79 Å². The van der Waals surface area contributed by atoms with Crippen molar-refractivity contribution in [2.45, 2.75) is 44.6 Å². The lowest BCUT2D eigenvalue weighted by atomic mass is 10.0. The molecule has 134 valence electrons. The van der Waals surface area contributed by atoms with Crippen LogP contribution in [0.5, 0.6) is 0 Å². The molecule has 9 heteroatoms. The molecule has 0 unspecified atom stereocenters. The van der Waals surface area contributed by atoms with Crippen LogP contribution in [0.15, 0.2) is 15.4 Å². The van der Waals surface area contributed by atoms with Crippen LogP contribution in [-0.2, 0) is 14.8 Å². The van der Waals surface area contributed by atoms with Gasteiger partial charge in [-0.2, -0.15) is 4.31 Å². The van der Waals surface area contributed by atoms with Crippen LogP contribution in [-0.4, -0.2) is 48.8 Å². The standard InChI is InChI=1S/C15H22N2O6S/c1-9(2)13(15(19)20)16-14(18)11-8-12(10(3)23-11)24(21,22)17-6-4-5-7-17/h8-9,13H,4-7H2,1-3H3,(H,16,18)(H,19,20)/t13-/m0/s1. The fraction of sp³-hybridized carbons (Fsp3) is 0.600. The first-order chi connectivity index (χ1) is 11.1. The number of nitrogens with one attached hydrogen (secondary N) is 1. The summed E-state index contributed by atoms with van der Waals surface area (Å²) in [5.74, 6) is -2.33. The zero-order chi connectivity index (χ0) is 18.1. The highest BCUT2D eigenvalue weighted by Crippen LogP contribution is 2.26. The molecule has 24 heavy (non-hydrogen) atoms. The fourth-order valence-corrected chi connectivity index (χ4v) is 4.30. The van der Waals surface area contributed by atoms with Crippen molar-refractivity contribution in [3.05, 3.63) is 17.6 Å². The smallest absolute Gasteiger partial charge is 0.326 e. The van der Waals surface area contributed by atoms with E-state index in [1.165, 1.54) is 11.2 Å². The Morgan fingerprint density at radius 2 is 1.88 bits per heavy atom. The topological polar surface area (TPSA) is 117 Å². The summed E-state index contributed by atoms with van der Waals surface area (Å²) in [6.45, 7) is 5.69. The Hall–Kier alpha value is -1.87. The van der Waals surface area contributed by atoms with E-state index in [0.717, 1.165) is 18.9 Å². The van der Waals surface area contributed by atoms with E-state index in [2.05, 4.69) is 5.32 Å². The van der Waals surface area contributed by atoms with E-state index >= 15 is 0 Å². The number of hydrogen-bond acceptors (Lipinski definition) is 5. The predicted octanol–water partition coefficient (Wildman–Crippen LogP) is 1.21. The highest BCUT2D eigenvalue weighted by molar-refractivity contribution is 7.89. The van der Waals surface area contributed by atoms with Crippen LogP contribution < -0.4 is 5.32 Å². The second kappa shape index (κ2) is 6.94. The molecule has 1 aromatic heterocycles. The lowest BCUT2D eigenvalue weighted by Crippen LogP contribution is -2.44. The number of carbonyl (C=O) groups is 2. The van der Waals surface area contributed by atoms with E-state index < -0.39 is 27.9 Å². The molecule has 2 rings (SSSR count). The van der Waals surface area contributed by atoms with E-state index in [9.17, 15) is 18.0 Å². The molecule has 1 aromatic rings. The van der Waals surface area contributed by atoms with Crippen molar-refractivity contribution in [3.63, 3.8) is 0 Å². The highest BCUT2D eigenvalue weighted by atomic mass is 32.2. The number of carboxylic acids is 1. The largest absolute Gasteiger partial charge is 0.480 e. The molecule has 0 aromatic carbocycles. The van der Waals surface area contributed by atoms with Crippen molar-refractivity contribution in [2.75, 3.05) is 13.1 Å². The fourth-order valence-electron chi connectivity index (χ4n) is 2.63. The van der Waals surface area contributed by atoms with Crippen LogP contribution in [0.1, 0.15) is 43.0 Å². The molecule has 1 fully saturated rings. The molecular formula is C15H22N2O6S. The number of aliphatic carboxylic acids is 1. The monoisotopic (exact) mass is 358 g/mol. The molecule has 1 atom stereocenters. The Morgan fingerprint density at radius 3 is 2.38 bits per heavy atom. The van der Waals surface area contributed by atoms with Gasteiger partial charge in [0, 0.05) is 19.2 Å². The first kappa shape index (κ1) is 18.5. The first-order valence-electron chi connectivity index (χ1n) is 7.79. The minimum Gasteiger partial charge on any atom is -0.480 e. The lowest BCUT2D eigenvalue weighted by Gasteiger charge is -2.16. The average Bonchev–Trinajstić information content (AvgIpc) is 3.13. The molecule has 8 nitrogen and oxygen atoms in total. The number of amides is 1. The van der Waals surface area contributed by atoms with Crippen LogP contribution in [0.2, 0.25) is 0 Å². The van der Waals surface area contributed by atoms with Crippen LogP contribution in [0, 0.1) is 12.8 Å². The van der Waals surface area contributed by atoms with Gasteiger partial charge in [-0.05, 0) is 25.7 Å². The van der Waals surface area contributed by atoms with E-state index in [1.54, 1.807) is 13.8 Å². The molecule has 0 bridgehead atoms. The Morgan fingerprint density at radius 1 is 1.29 bits per heavy atom. The normalized spacial score (nSPS) is 17.2. The Labute approximate surface area is 140 Å². The minimum atomic E-state index is -3.70. The minimum absolute atomic E-state index is 0.0500. The lowest BCUT2D eigenvalue weighted by molar-refractivity contribution is -0.140. The van der Waals surface area contributed by atoms with Gasteiger partial charge in [-0.15, -0.1) is 0 Å². The number of rotatable bonds is 6. The molecule has 1 aliphatic rings. The molecule has 0 aliphatic carbocycles. The number of hydrogen-bond donors (Lipinski definition) is 2. The van der Waals surface area contributed by atoms with Crippen molar-refractivity contribution in [2.24, 2.45) is 5.92 Å². The van der Waals surface area contributed by atoms with Gasteiger partial charge in [0.2, 0.25) is 10.0 Å². The zero-order valence-electron chi connectivity index (χ0n) is 13.9. The summed E-state index contributed by atoms with van der Waals surface area (Å²) < 4.78 is 31.8. The molecule has 0 radical (unpaired) electrons. The number of aryl methyl sites for hydroxylation is 1. The summed E-state index contributed by atoms with van der Waals surface area (Å²) in [4.78, 5) is 23.3. The SMILES string of the molecule is Cc1oc(C(=O)N[C@H](C(=O)O)C(C)C)cc1S(=O)(=O)N1CCCC1. The molecule has 0 spiro atoms. The van der Waals surface area contributed by atoms with Gasteiger partial charge < -0.3 is 14.8 Å². The average molecular weight is 358 g/mol. The number of carboxylic acid groups (broad SMARTS) is 1. The van der Waals surface area contributed by atoms with Crippen LogP contribution in [0.4, 0.5) is 0 Å². The van der Waals surface area contributed by atoms with Gasteiger partial charge in [0.1, 0.15) is 16.7 Å². The summed E-state index contributed by atoms with van der Waals surface area (Å²) in [5.41, 5.74) is 0.